The fourth-order valence-corrected chi connectivity index (χ4v) is 2.79. The van der Waals surface area contributed by atoms with Crippen molar-refractivity contribution < 1.29 is 14.3 Å². The fourth-order valence-electron chi connectivity index (χ4n) is 2.79. The van der Waals surface area contributed by atoms with Gasteiger partial charge in [0.25, 0.3) is 5.91 Å². The monoisotopic (exact) mass is 287 g/mol. The minimum Gasteiger partial charge on any atom is -0.422 e. The Balaban J connectivity index is 1.75. The van der Waals surface area contributed by atoms with Gasteiger partial charge in [-0.05, 0) is 37.3 Å². The molecule has 1 amide bonds. The third-order valence-corrected chi connectivity index (χ3v) is 3.95. The van der Waals surface area contributed by atoms with Crippen LogP contribution in [0.3, 0.4) is 0 Å². The highest BCUT2D eigenvalue weighted by molar-refractivity contribution is 5.96. The molecule has 1 aliphatic rings. The molecule has 3 rings (SSSR count). The number of rotatable bonds is 3. The van der Waals surface area contributed by atoms with Gasteiger partial charge in [0.05, 0.1) is 6.10 Å². The summed E-state index contributed by atoms with van der Waals surface area (Å²) in [5.74, 6) is -0.146. The number of benzene rings is 1. The van der Waals surface area contributed by atoms with Crippen LogP contribution in [0.5, 0.6) is 0 Å². The quantitative estimate of drug-likeness (QED) is 0.842. The van der Waals surface area contributed by atoms with Crippen molar-refractivity contribution >= 4 is 16.9 Å². The zero-order valence-electron chi connectivity index (χ0n) is 11.5. The summed E-state index contributed by atoms with van der Waals surface area (Å²) in [5, 5.41) is 12.9. The molecule has 21 heavy (non-hydrogen) atoms. The molecule has 110 valence electrons. The molecule has 0 spiro atoms. The van der Waals surface area contributed by atoms with Crippen molar-refractivity contribution in [1.29, 1.82) is 0 Å². The molecular formula is C16H17NO4. The van der Waals surface area contributed by atoms with Crippen LogP contribution in [0.25, 0.3) is 11.0 Å². The van der Waals surface area contributed by atoms with Crippen LogP contribution < -0.4 is 10.9 Å². The van der Waals surface area contributed by atoms with Crippen molar-refractivity contribution in [3.05, 3.63) is 46.3 Å². The van der Waals surface area contributed by atoms with Crippen LogP contribution in [0, 0.1) is 5.92 Å². The van der Waals surface area contributed by atoms with Gasteiger partial charge >= 0.3 is 5.63 Å². The van der Waals surface area contributed by atoms with E-state index in [-0.39, 0.29) is 17.6 Å². The van der Waals surface area contributed by atoms with Gasteiger partial charge in [-0.15, -0.1) is 0 Å². The lowest BCUT2D eigenvalue weighted by molar-refractivity contribution is 0.0941. The second-order valence-electron chi connectivity index (χ2n) is 5.53. The van der Waals surface area contributed by atoms with Crippen LogP contribution in [-0.2, 0) is 0 Å². The Labute approximate surface area is 121 Å². The van der Waals surface area contributed by atoms with E-state index in [9.17, 15) is 14.7 Å². The Hall–Kier alpha value is -2.14. The van der Waals surface area contributed by atoms with Crippen LogP contribution >= 0.6 is 0 Å². The highest BCUT2D eigenvalue weighted by Crippen LogP contribution is 2.24. The fraction of sp³-hybridized carbons (Fsp3) is 0.375. The van der Waals surface area contributed by atoms with E-state index in [1.54, 1.807) is 24.3 Å². The highest BCUT2D eigenvalue weighted by atomic mass is 16.4. The summed E-state index contributed by atoms with van der Waals surface area (Å²) in [7, 11) is 0. The van der Waals surface area contributed by atoms with E-state index in [2.05, 4.69) is 5.32 Å². The highest BCUT2D eigenvalue weighted by Gasteiger charge is 2.23. The van der Waals surface area contributed by atoms with Gasteiger partial charge in [0.15, 0.2) is 0 Å². The molecule has 0 aliphatic heterocycles. The van der Waals surface area contributed by atoms with E-state index in [0.717, 1.165) is 18.2 Å². The molecule has 2 N–H and O–H groups in total. The van der Waals surface area contributed by atoms with Gasteiger partial charge in [-0.1, -0.05) is 18.2 Å². The van der Waals surface area contributed by atoms with Crippen LogP contribution in [0.1, 0.15) is 29.6 Å². The first-order chi connectivity index (χ1) is 10.1. The van der Waals surface area contributed by atoms with Crippen molar-refractivity contribution in [3.63, 3.8) is 0 Å². The average Bonchev–Trinajstić information content (AvgIpc) is 2.89. The molecule has 0 radical (unpaired) electrons. The molecule has 2 aromatic rings. The first kappa shape index (κ1) is 13.8. The summed E-state index contributed by atoms with van der Waals surface area (Å²) < 4.78 is 5.15. The van der Waals surface area contributed by atoms with Crippen molar-refractivity contribution in [1.82, 2.24) is 5.32 Å². The smallest absolute Gasteiger partial charge is 0.349 e. The molecule has 5 heteroatoms. The van der Waals surface area contributed by atoms with E-state index in [4.69, 9.17) is 4.42 Å². The van der Waals surface area contributed by atoms with Crippen molar-refractivity contribution in [2.75, 3.05) is 6.54 Å². The zero-order valence-corrected chi connectivity index (χ0v) is 11.5. The second-order valence-corrected chi connectivity index (χ2v) is 5.53. The van der Waals surface area contributed by atoms with Gasteiger partial charge in [-0.2, -0.15) is 0 Å². The standard InChI is InChI=1S/C16H17NO4/c18-12-6-5-10(7-12)9-17-15(19)13-8-11-3-1-2-4-14(11)21-16(13)20/h1-4,8,10,12,18H,5-7,9H2,(H,17,19). The molecule has 1 aliphatic carbocycles. The lowest BCUT2D eigenvalue weighted by Crippen LogP contribution is -2.32. The summed E-state index contributed by atoms with van der Waals surface area (Å²) in [6.45, 7) is 0.474. The minimum atomic E-state index is -0.627. The lowest BCUT2D eigenvalue weighted by atomic mass is 10.1. The van der Waals surface area contributed by atoms with E-state index < -0.39 is 11.5 Å². The summed E-state index contributed by atoms with van der Waals surface area (Å²) in [5.41, 5.74) is -0.136. The predicted octanol–water partition coefficient (Wildman–Crippen LogP) is 1.68. The molecule has 1 fully saturated rings. The van der Waals surface area contributed by atoms with Gasteiger partial charge in [0.2, 0.25) is 0 Å². The molecule has 1 saturated carbocycles. The van der Waals surface area contributed by atoms with E-state index >= 15 is 0 Å². The molecule has 0 saturated heterocycles. The van der Waals surface area contributed by atoms with E-state index in [1.807, 2.05) is 6.07 Å². The number of carbonyl (C=O) groups is 1. The Morgan fingerprint density at radius 3 is 2.90 bits per heavy atom. The lowest BCUT2D eigenvalue weighted by Gasteiger charge is -2.10. The number of fused-ring (bicyclic) bond motifs is 1. The Morgan fingerprint density at radius 2 is 2.14 bits per heavy atom. The van der Waals surface area contributed by atoms with Gasteiger partial charge < -0.3 is 14.8 Å². The molecule has 5 nitrogen and oxygen atoms in total. The largest absolute Gasteiger partial charge is 0.422 e. The van der Waals surface area contributed by atoms with Crippen LogP contribution in [0.4, 0.5) is 0 Å². The van der Waals surface area contributed by atoms with Crippen molar-refractivity contribution in [2.24, 2.45) is 5.92 Å². The van der Waals surface area contributed by atoms with Crippen molar-refractivity contribution in [2.45, 2.75) is 25.4 Å². The van der Waals surface area contributed by atoms with Crippen molar-refractivity contribution in [3.8, 4) is 0 Å². The normalized spacial score (nSPS) is 21.6. The minimum absolute atomic E-state index is 0.0206. The maximum absolute atomic E-state index is 12.1. The Kier molecular flexibility index (Phi) is 3.75. The number of aliphatic hydroxyl groups is 1. The number of para-hydroxylation sites is 1. The van der Waals surface area contributed by atoms with E-state index in [1.165, 1.54) is 0 Å². The zero-order chi connectivity index (χ0) is 14.8. The van der Waals surface area contributed by atoms with E-state index in [0.29, 0.717) is 18.5 Å². The number of hydrogen-bond donors (Lipinski definition) is 2. The molecule has 1 aromatic heterocycles. The Morgan fingerprint density at radius 1 is 1.33 bits per heavy atom. The third kappa shape index (κ3) is 2.97. The number of nitrogens with one attached hydrogen (secondary N) is 1. The third-order valence-electron chi connectivity index (χ3n) is 3.95. The number of hydrogen-bond acceptors (Lipinski definition) is 4. The topological polar surface area (TPSA) is 79.5 Å². The van der Waals surface area contributed by atoms with Crippen LogP contribution in [0.15, 0.2) is 39.5 Å². The molecule has 0 bridgehead atoms. The molecular weight excluding hydrogens is 270 g/mol. The predicted molar refractivity (Wildman–Crippen MR) is 78.2 cm³/mol. The first-order valence-electron chi connectivity index (χ1n) is 7.12. The second kappa shape index (κ2) is 5.69. The van der Waals surface area contributed by atoms with Crippen LogP contribution in [0.2, 0.25) is 0 Å². The maximum atomic E-state index is 12.1. The molecule has 2 atom stereocenters. The maximum Gasteiger partial charge on any atom is 0.349 e. The number of carbonyl (C=O) groups excluding carboxylic acids is 1. The van der Waals surface area contributed by atoms with Gasteiger partial charge in [-0.25, -0.2) is 4.79 Å². The van der Waals surface area contributed by atoms with Crippen LogP contribution in [-0.4, -0.2) is 23.7 Å². The van der Waals surface area contributed by atoms with Gasteiger partial charge in [0.1, 0.15) is 11.1 Å². The first-order valence-corrected chi connectivity index (χ1v) is 7.12. The van der Waals surface area contributed by atoms with Gasteiger partial charge in [0, 0.05) is 11.9 Å². The summed E-state index contributed by atoms with van der Waals surface area (Å²) >= 11 is 0. The average molecular weight is 287 g/mol. The summed E-state index contributed by atoms with van der Waals surface area (Å²) in [6, 6.07) is 8.64. The molecule has 1 aromatic carbocycles. The number of amides is 1. The number of aliphatic hydroxyl groups excluding tert-OH is 1. The molecule has 2 unspecified atom stereocenters. The van der Waals surface area contributed by atoms with Gasteiger partial charge in [-0.3, -0.25) is 4.79 Å². The Bertz CT molecular complexity index is 722. The summed E-state index contributed by atoms with van der Waals surface area (Å²) in [6.07, 6.45) is 2.11. The molecule has 1 heterocycles. The summed E-state index contributed by atoms with van der Waals surface area (Å²) in [4.78, 5) is 24.0. The SMILES string of the molecule is O=C(NCC1CCC(O)C1)c1cc2ccccc2oc1=O.